The topological polar surface area (TPSA) is 79.4 Å². The molecule has 1 aromatic carbocycles. The Morgan fingerprint density at radius 3 is 2.45 bits per heavy atom. The number of halogens is 1. The van der Waals surface area contributed by atoms with Crippen molar-refractivity contribution in [1.29, 1.82) is 0 Å². The highest BCUT2D eigenvalue weighted by Gasteiger charge is 2.61. The van der Waals surface area contributed by atoms with Gasteiger partial charge in [0.2, 0.25) is 15.9 Å². The van der Waals surface area contributed by atoms with Crippen molar-refractivity contribution in [3.63, 3.8) is 0 Å². The van der Waals surface area contributed by atoms with Crippen LogP contribution in [0.3, 0.4) is 0 Å². The number of esters is 1. The van der Waals surface area contributed by atoms with Crippen LogP contribution in [-0.2, 0) is 19.6 Å². The van der Waals surface area contributed by atoms with Crippen LogP contribution in [0.2, 0.25) is 0 Å². The quantitative estimate of drug-likeness (QED) is 0.244. The van der Waals surface area contributed by atoms with E-state index in [1.54, 1.807) is 20.0 Å². The van der Waals surface area contributed by atoms with Gasteiger partial charge in [0.25, 0.3) is 0 Å². The SMILES string of the molecule is CCCCC1CN(C23CC(C2)C3)c2cc(N3CCCCC3)c(O/C=C(\F)C(=O)OCC)cc2S(=O)(=O)N1C. The highest BCUT2D eigenvalue weighted by Crippen LogP contribution is 2.62. The number of nitrogens with zero attached hydrogens (tertiary/aromatic N) is 3. The number of hydrogen-bond acceptors (Lipinski definition) is 7. The number of piperidine rings is 1. The molecule has 2 heterocycles. The molecule has 2 aliphatic heterocycles. The zero-order valence-electron chi connectivity index (χ0n) is 22.7. The molecule has 4 fully saturated rings. The third-order valence-electron chi connectivity index (χ3n) is 8.82. The number of carbonyl (C=O) groups is 1. The maximum absolute atomic E-state index is 14.4. The third kappa shape index (κ3) is 4.78. The summed E-state index contributed by atoms with van der Waals surface area (Å²) in [5.41, 5.74) is 1.47. The van der Waals surface area contributed by atoms with Crippen LogP contribution in [0, 0.1) is 5.92 Å². The molecule has 1 unspecified atom stereocenters. The van der Waals surface area contributed by atoms with E-state index >= 15 is 0 Å². The molecular formula is C28H40FN3O5S. The van der Waals surface area contributed by atoms with Crippen LogP contribution in [0.25, 0.3) is 0 Å². The Kier molecular flexibility index (Phi) is 7.66. The van der Waals surface area contributed by atoms with E-state index in [1.165, 1.54) is 4.31 Å². The van der Waals surface area contributed by atoms with Gasteiger partial charge in [0, 0.05) is 44.3 Å². The minimum Gasteiger partial charge on any atom is -0.461 e. The van der Waals surface area contributed by atoms with E-state index in [-0.39, 0.29) is 28.8 Å². The Balaban J connectivity index is 1.62. The molecule has 10 heteroatoms. The minimum absolute atomic E-state index is 0.0159. The fourth-order valence-corrected chi connectivity index (χ4v) is 8.06. The zero-order chi connectivity index (χ0) is 27.1. The van der Waals surface area contributed by atoms with Crippen molar-refractivity contribution in [3.8, 4) is 5.75 Å². The predicted molar refractivity (Wildman–Crippen MR) is 145 cm³/mol. The molecule has 210 valence electrons. The first kappa shape index (κ1) is 27.2. The highest BCUT2D eigenvalue weighted by molar-refractivity contribution is 7.89. The number of hydrogen-bond donors (Lipinski definition) is 0. The first-order valence-electron chi connectivity index (χ1n) is 14.1. The first-order chi connectivity index (χ1) is 18.2. The molecule has 1 atom stereocenters. The van der Waals surface area contributed by atoms with E-state index in [1.807, 2.05) is 6.07 Å². The number of anilines is 2. The van der Waals surface area contributed by atoms with Gasteiger partial charge in [-0.05, 0) is 63.9 Å². The summed E-state index contributed by atoms with van der Waals surface area (Å²) >= 11 is 0. The number of fused-ring (bicyclic) bond motifs is 1. The zero-order valence-corrected chi connectivity index (χ0v) is 23.6. The maximum atomic E-state index is 14.4. The second-order valence-electron chi connectivity index (χ2n) is 11.3. The Bertz CT molecular complexity index is 1180. The highest BCUT2D eigenvalue weighted by atomic mass is 32.2. The minimum atomic E-state index is -3.84. The lowest BCUT2D eigenvalue weighted by molar-refractivity contribution is -0.140. The molecule has 0 spiro atoms. The monoisotopic (exact) mass is 549 g/mol. The second kappa shape index (κ2) is 10.7. The number of likely N-dealkylation sites (N-methyl/N-ethyl adjacent to an activating group) is 1. The van der Waals surface area contributed by atoms with Crippen LogP contribution in [0.1, 0.15) is 71.6 Å². The lowest BCUT2D eigenvalue weighted by Crippen LogP contribution is -2.69. The van der Waals surface area contributed by atoms with Crippen molar-refractivity contribution in [1.82, 2.24) is 4.31 Å². The van der Waals surface area contributed by atoms with Gasteiger partial charge < -0.3 is 19.3 Å². The van der Waals surface area contributed by atoms with Crippen LogP contribution < -0.4 is 14.5 Å². The van der Waals surface area contributed by atoms with Gasteiger partial charge in [-0.15, -0.1) is 0 Å². The van der Waals surface area contributed by atoms with E-state index in [4.69, 9.17) is 9.47 Å². The van der Waals surface area contributed by atoms with Gasteiger partial charge in [-0.3, -0.25) is 0 Å². The number of sulfonamides is 1. The molecule has 5 aliphatic rings. The van der Waals surface area contributed by atoms with Gasteiger partial charge in [-0.1, -0.05) is 19.8 Å². The van der Waals surface area contributed by atoms with Crippen molar-refractivity contribution in [2.45, 2.75) is 88.1 Å². The molecule has 6 rings (SSSR count). The molecule has 0 amide bonds. The van der Waals surface area contributed by atoms with Gasteiger partial charge in [-0.25, -0.2) is 13.2 Å². The van der Waals surface area contributed by atoms with E-state index in [0.717, 1.165) is 94.4 Å². The molecule has 2 bridgehead atoms. The van der Waals surface area contributed by atoms with Gasteiger partial charge >= 0.3 is 5.97 Å². The number of carbonyl (C=O) groups excluding carboxylic acids is 1. The van der Waals surface area contributed by atoms with Crippen molar-refractivity contribution < 1.29 is 27.1 Å². The van der Waals surface area contributed by atoms with Gasteiger partial charge in [0.15, 0.2) is 5.75 Å². The van der Waals surface area contributed by atoms with Gasteiger partial charge in [0.1, 0.15) is 11.2 Å². The molecule has 3 aliphatic carbocycles. The molecule has 38 heavy (non-hydrogen) atoms. The van der Waals surface area contributed by atoms with Crippen molar-refractivity contribution in [2.24, 2.45) is 5.92 Å². The Morgan fingerprint density at radius 2 is 1.84 bits per heavy atom. The van der Waals surface area contributed by atoms with Crippen molar-refractivity contribution in [3.05, 3.63) is 24.2 Å². The molecular weight excluding hydrogens is 509 g/mol. The van der Waals surface area contributed by atoms with Crippen LogP contribution in [-0.4, -0.2) is 63.6 Å². The Morgan fingerprint density at radius 1 is 1.13 bits per heavy atom. The summed E-state index contributed by atoms with van der Waals surface area (Å²) in [5.74, 6) is -1.30. The van der Waals surface area contributed by atoms with E-state index < -0.39 is 21.8 Å². The largest absolute Gasteiger partial charge is 0.461 e. The summed E-state index contributed by atoms with van der Waals surface area (Å²) in [4.78, 5) is 16.6. The number of ether oxygens (including phenoxy) is 2. The van der Waals surface area contributed by atoms with Crippen molar-refractivity contribution in [2.75, 3.05) is 43.1 Å². The predicted octanol–water partition coefficient (Wildman–Crippen LogP) is 4.98. The van der Waals surface area contributed by atoms with E-state index in [0.29, 0.717) is 6.54 Å². The summed E-state index contributed by atoms with van der Waals surface area (Å²) in [6, 6.07) is 3.35. The second-order valence-corrected chi connectivity index (χ2v) is 13.2. The molecule has 8 nitrogen and oxygen atoms in total. The van der Waals surface area contributed by atoms with E-state index in [2.05, 4.69) is 16.7 Å². The molecule has 1 saturated heterocycles. The van der Waals surface area contributed by atoms with Crippen LogP contribution in [0.5, 0.6) is 5.75 Å². The number of rotatable bonds is 9. The standard InChI is InChI=1S/C28H40FN3O5S/c1-4-6-10-21-18-32(28-15-20(16-28)17-28)24-13-23(31-11-8-7-9-12-31)25(14-26(24)38(34,35)30(21)3)37-19-22(29)27(33)36-5-2/h13-14,19-21H,4-12,15-18H2,1-3H3/b22-19-. The van der Waals surface area contributed by atoms with Crippen LogP contribution >= 0.6 is 0 Å². The summed E-state index contributed by atoms with van der Waals surface area (Å²) < 4.78 is 54.5. The maximum Gasteiger partial charge on any atom is 0.370 e. The summed E-state index contributed by atoms with van der Waals surface area (Å²) in [5, 5.41) is 0. The fraction of sp³-hybridized carbons (Fsp3) is 0.679. The van der Waals surface area contributed by atoms with E-state index in [9.17, 15) is 17.6 Å². The smallest absolute Gasteiger partial charge is 0.370 e. The normalized spacial score (nSPS) is 28.6. The molecule has 1 aromatic rings. The summed E-state index contributed by atoms with van der Waals surface area (Å²) in [6.07, 6.45) is 9.93. The molecule has 0 N–H and O–H groups in total. The Labute approximate surface area is 225 Å². The Hall–Kier alpha value is -2.33. The summed E-state index contributed by atoms with van der Waals surface area (Å²) in [7, 11) is -2.17. The number of benzene rings is 1. The lowest BCUT2D eigenvalue weighted by Gasteiger charge is -2.67. The lowest BCUT2D eigenvalue weighted by atomic mass is 9.49. The fourth-order valence-electron chi connectivity index (χ4n) is 6.50. The van der Waals surface area contributed by atoms with Crippen LogP contribution in [0.15, 0.2) is 29.1 Å². The number of unbranched alkanes of at least 4 members (excludes halogenated alkanes) is 1. The van der Waals surface area contributed by atoms with Gasteiger partial charge in [-0.2, -0.15) is 8.70 Å². The van der Waals surface area contributed by atoms with Crippen molar-refractivity contribution >= 4 is 27.4 Å². The first-order valence-corrected chi connectivity index (χ1v) is 15.5. The summed E-state index contributed by atoms with van der Waals surface area (Å²) in [6.45, 7) is 6.03. The average Bonchev–Trinajstić information content (AvgIpc) is 2.93. The molecule has 3 saturated carbocycles. The molecule has 0 radical (unpaired) electrons. The molecule has 0 aromatic heterocycles. The third-order valence-corrected chi connectivity index (χ3v) is 10.8. The van der Waals surface area contributed by atoms with Gasteiger partial charge in [0.05, 0.1) is 18.0 Å². The van der Waals surface area contributed by atoms with Crippen LogP contribution in [0.4, 0.5) is 15.8 Å². The average molecular weight is 550 g/mol.